The van der Waals surface area contributed by atoms with Crippen LogP contribution >= 0.6 is 0 Å². The van der Waals surface area contributed by atoms with Gasteiger partial charge in [-0.05, 0) is 6.07 Å². The molecule has 0 saturated carbocycles. The van der Waals surface area contributed by atoms with Gasteiger partial charge in [0.05, 0.1) is 6.42 Å². The summed E-state index contributed by atoms with van der Waals surface area (Å²) in [4.78, 5) is 24.6. The molecule has 0 aliphatic rings. The fourth-order valence-electron chi connectivity index (χ4n) is 1.04. The van der Waals surface area contributed by atoms with E-state index in [1.807, 2.05) is 0 Å². The summed E-state index contributed by atoms with van der Waals surface area (Å²) in [7, 11) is 0. The lowest BCUT2D eigenvalue weighted by atomic mass is 10.2. The Balaban J connectivity index is 2.91. The maximum atomic E-state index is 12.0. The molecule has 5 nitrogen and oxygen atoms in total. The molecule has 92 valence electrons. The number of aliphatic carboxylic acids is 1. The van der Waals surface area contributed by atoms with E-state index in [-0.39, 0.29) is 5.56 Å². The van der Waals surface area contributed by atoms with Crippen molar-refractivity contribution in [2.45, 2.75) is 12.6 Å². The third-order valence-electron chi connectivity index (χ3n) is 1.72. The van der Waals surface area contributed by atoms with E-state index in [1.54, 1.807) is 0 Å². The molecule has 0 aliphatic heterocycles. The minimum Gasteiger partial charge on any atom is -0.481 e. The number of nitrogens with zero attached hydrogens (tertiary/aromatic N) is 1. The fraction of sp³-hybridized carbons (Fsp3) is 0.222. The molecule has 1 aromatic rings. The van der Waals surface area contributed by atoms with E-state index in [4.69, 9.17) is 5.11 Å². The van der Waals surface area contributed by atoms with E-state index in [0.29, 0.717) is 0 Å². The Bertz CT molecular complexity index is 445. The number of pyridine rings is 1. The van der Waals surface area contributed by atoms with Crippen molar-refractivity contribution in [3.05, 3.63) is 23.9 Å². The molecule has 2 N–H and O–H groups in total. The molecular formula is C9H7F3N2O3. The number of carbonyl (C=O) groups is 2. The lowest BCUT2D eigenvalue weighted by Crippen LogP contribution is -2.30. The Morgan fingerprint density at radius 3 is 2.59 bits per heavy atom. The number of carboxylic acid groups (broad SMARTS) is 1. The Hall–Kier alpha value is -2.12. The highest BCUT2D eigenvalue weighted by Gasteiger charge is 2.39. The molecule has 0 atom stereocenters. The fourth-order valence-corrected chi connectivity index (χ4v) is 1.04. The predicted octanol–water partition coefficient (Wildman–Crippen LogP) is 1.21. The van der Waals surface area contributed by atoms with Crippen LogP contribution in [0, 0.1) is 0 Å². The number of carboxylic acids is 1. The van der Waals surface area contributed by atoms with E-state index >= 15 is 0 Å². The highest BCUT2D eigenvalue weighted by Crippen LogP contribution is 2.19. The zero-order valence-corrected chi connectivity index (χ0v) is 8.28. The number of carbonyl (C=O) groups excluding carboxylic acids is 1. The van der Waals surface area contributed by atoms with Gasteiger partial charge >= 0.3 is 18.1 Å². The average molecular weight is 248 g/mol. The first-order valence-electron chi connectivity index (χ1n) is 4.34. The molecule has 0 unspecified atom stereocenters. The Morgan fingerprint density at radius 1 is 1.41 bits per heavy atom. The summed E-state index contributed by atoms with van der Waals surface area (Å²) in [5.74, 6) is -3.83. The van der Waals surface area contributed by atoms with Crippen molar-refractivity contribution in [2.75, 3.05) is 5.32 Å². The summed E-state index contributed by atoms with van der Waals surface area (Å²) in [6.07, 6.45) is -4.42. The minimum absolute atomic E-state index is 0.00222. The van der Waals surface area contributed by atoms with Crippen molar-refractivity contribution in [1.82, 2.24) is 4.98 Å². The summed E-state index contributed by atoms with van der Waals surface area (Å²) in [5, 5.41) is 10.0. The molecular weight excluding hydrogens is 241 g/mol. The van der Waals surface area contributed by atoms with Crippen molar-refractivity contribution in [3.8, 4) is 0 Å². The van der Waals surface area contributed by atoms with Crippen LogP contribution in [0.15, 0.2) is 18.3 Å². The van der Waals surface area contributed by atoms with Crippen LogP contribution in [0.3, 0.4) is 0 Å². The SMILES string of the molecule is O=C(O)Cc1cccnc1NC(=O)C(F)(F)F. The van der Waals surface area contributed by atoms with E-state index in [1.165, 1.54) is 17.4 Å². The zero-order chi connectivity index (χ0) is 13.1. The van der Waals surface area contributed by atoms with Gasteiger partial charge in [0.25, 0.3) is 0 Å². The van der Waals surface area contributed by atoms with Crippen LogP contribution in [0.1, 0.15) is 5.56 Å². The first-order valence-corrected chi connectivity index (χ1v) is 4.34. The van der Waals surface area contributed by atoms with E-state index < -0.39 is 30.3 Å². The maximum absolute atomic E-state index is 12.0. The number of anilines is 1. The molecule has 0 radical (unpaired) electrons. The number of amides is 1. The zero-order valence-electron chi connectivity index (χ0n) is 8.28. The van der Waals surface area contributed by atoms with Crippen molar-refractivity contribution >= 4 is 17.7 Å². The topological polar surface area (TPSA) is 79.3 Å². The largest absolute Gasteiger partial charge is 0.481 e. The lowest BCUT2D eigenvalue weighted by molar-refractivity contribution is -0.167. The Morgan fingerprint density at radius 2 is 2.06 bits per heavy atom. The lowest BCUT2D eigenvalue weighted by Gasteiger charge is -2.09. The maximum Gasteiger partial charge on any atom is 0.471 e. The number of nitrogens with one attached hydrogen (secondary N) is 1. The first kappa shape index (κ1) is 12.9. The monoisotopic (exact) mass is 248 g/mol. The molecule has 0 fully saturated rings. The van der Waals surface area contributed by atoms with Crippen molar-refractivity contribution in [1.29, 1.82) is 0 Å². The highest BCUT2D eigenvalue weighted by atomic mass is 19.4. The van der Waals surface area contributed by atoms with Crippen LogP contribution in [0.25, 0.3) is 0 Å². The number of hydrogen-bond acceptors (Lipinski definition) is 3. The summed E-state index contributed by atoms with van der Waals surface area (Å²) in [5.41, 5.74) is -0.00222. The molecule has 1 heterocycles. The molecule has 0 aromatic carbocycles. The summed E-state index contributed by atoms with van der Waals surface area (Å²) >= 11 is 0. The normalized spacial score (nSPS) is 11.0. The second-order valence-electron chi connectivity index (χ2n) is 3.03. The second kappa shape index (κ2) is 4.81. The van der Waals surface area contributed by atoms with Gasteiger partial charge in [0.2, 0.25) is 0 Å². The smallest absolute Gasteiger partial charge is 0.471 e. The van der Waals surface area contributed by atoms with Gasteiger partial charge in [-0.2, -0.15) is 13.2 Å². The van der Waals surface area contributed by atoms with Gasteiger partial charge in [0.15, 0.2) is 0 Å². The third kappa shape index (κ3) is 3.74. The standard InChI is InChI=1S/C9H7F3N2O3/c10-9(11,12)8(17)14-7-5(4-6(15)16)2-1-3-13-7/h1-3H,4H2,(H,15,16)(H,13,14,17). The van der Waals surface area contributed by atoms with Crippen molar-refractivity contribution in [3.63, 3.8) is 0 Å². The van der Waals surface area contributed by atoms with Crippen LogP contribution in [-0.2, 0) is 16.0 Å². The van der Waals surface area contributed by atoms with Crippen LogP contribution in [0.4, 0.5) is 19.0 Å². The van der Waals surface area contributed by atoms with Gasteiger partial charge in [0, 0.05) is 11.8 Å². The van der Waals surface area contributed by atoms with Crippen LogP contribution in [0.5, 0.6) is 0 Å². The quantitative estimate of drug-likeness (QED) is 0.842. The number of rotatable bonds is 3. The molecule has 8 heteroatoms. The van der Waals surface area contributed by atoms with E-state index in [2.05, 4.69) is 4.98 Å². The van der Waals surface area contributed by atoms with Gasteiger partial charge in [0.1, 0.15) is 5.82 Å². The summed E-state index contributed by atoms with van der Waals surface area (Å²) in [6, 6.07) is 2.63. The van der Waals surface area contributed by atoms with Crippen molar-refractivity contribution in [2.24, 2.45) is 0 Å². The van der Waals surface area contributed by atoms with E-state index in [9.17, 15) is 22.8 Å². The molecule has 1 amide bonds. The average Bonchev–Trinajstić information content (AvgIpc) is 2.18. The molecule has 1 aromatic heterocycles. The van der Waals surface area contributed by atoms with Gasteiger partial charge in [-0.1, -0.05) is 6.07 Å². The Labute approximate surface area is 93.3 Å². The van der Waals surface area contributed by atoms with Gasteiger partial charge in [-0.3, -0.25) is 9.59 Å². The third-order valence-corrected chi connectivity index (χ3v) is 1.72. The van der Waals surface area contributed by atoms with Gasteiger partial charge < -0.3 is 10.4 Å². The number of halogens is 3. The van der Waals surface area contributed by atoms with Crippen LogP contribution < -0.4 is 5.32 Å². The van der Waals surface area contributed by atoms with Crippen LogP contribution in [0.2, 0.25) is 0 Å². The summed E-state index contributed by atoms with van der Waals surface area (Å²) < 4.78 is 35.9. The number of aromatic nitrogens is 1. The Kier molecular flexibility index (Phi) is 3.66. The minimum atomic E-state index is -5.04. The molecule has 17 heavy (non-hydrogen) atoms. The van der Waals surface area contributed by atoms with Gasteiger partial charge in [-0.25, -0.2) is 4.98 Å². The molecule has 0 saturated heterocycles. The van der Waals surface area contributed by atoms with Crippen LogP contribution in [-0.4, -0.2) is 28.1 Å². The molecule has 0 aliphatic carbocycles. The van der Waals surface area contributed by atoms with Crippen molar-refractivity contribution < 1.29 is 27.9 Å². The van der Waals surface area contributed by atoms with E-state index in [0.717, 1.165) is 6.20 Å². The first-order chi connectivity index (χ1) is 7.80. The summed E-state index contributed by atoms with van der Waals surface area (Å²) in [6.45, 7) is 0. The number of alkyl halides is 3. The molecule has 1 rings (SSSR count). The molecule has 0 bridgehead atoms. The predicted molar refractivity (Wildman–Crippen MR) is 50.3 cm³/mol. The number of hydrogen-bond donors (Lipinski definition) is 2. The van der Waals surface area contributed by atoms with Gasteiger partial charge in [-0.15, -0.1) is 0 Å². The second-order valence-corrected chi connectivity index (χ2v) is 3.03. The highest BCUT2D eigenvalue weighted by molar-refractivity contribution is 5.95. The molecule has 0 spiro atoms.